The predicted octanol–water partition coefficient (Wildman–Crippen LogP) is 3.90. The Hall–Kier alpha value is -0.800. The first-order chi connectivity index (χ1) is 8.02. The standard InChI is InChI=1S/C14H20BrNO/c1-5-11(4)17-14-7-6-12(8-13(14)15)9-16-10(2)3/h5-8,10-11,16H,1,9H2,2-4H3. The Labute approximate surface area is 112 Å². The van der Waals surface area contributed by atoms with E-state index in [-0.39, 0.29) is 6.10 Å². The highest BCUT2D eigenvalue weighted by atomic mass is 79.9. The minimum absolute atomic E-state index is 0.0194. The molecule has 0 radical (unpaired) electrons. The lowest BCUT2D eigenvalue weighted by Crippen LogP contribution is -2.21. The topological polar surface area (TPSA) is 21.3 Å². The van der Waals surface area contributed by atoms with Gasteiger partial charge >= 0.3 is 0 Å². The molecule has 1 rings (SSSR count). The van der Waals surface area contributed by atoms with Crippen LogP contribution in [0, 0.1) is 0 Å². The van der Waals surface area contributed by atoms with Crippen LogP contribution in [0.3, 0.4) is 0 Å². The fourth-order valence-corrected chi connectivity index (χ4v) is 1.84. The maximum absolute atomic E-state index is 5.69. The molecule has 0 aromatic heterocycles. The van der Waals surface area contributed by atoms with Gasteiger partial charge in [0, 0.05) is 12.6 Å². The number of hydrogen-bond donors (Lipinski definition) is 1. The lowest BCUT2D eigenvalue weighted by Gasteiger charge is -2.14. The molecule has 0 saturated carbocycles. The first-order valence-corrected chi connectivity index (χ1v) is 6.63. The summed E-state index contributed by atoms with van der Waals surface area (Å²) in [6.45, 7) is 10.8. The molecule has 1 N–H and O–H groups in total. The van der Waals surface area contributed by atoms with E-state index in [0.29, 0.717) is 6.04 Å². The van der Waals surface area contributed by atoms with Crippen molar-refractivity contribution in [1.29, 1.82) is 0 Å². The van der Waals surface area contributed by atoms with Crippen LogP contribution in [0.15, 0.2) is 35.3 Å². The van der Waals surface area contributed by atoms with Crippen molar-refractivity contribution in [2.24, 2.45) is 0 Å². The van der Waals surface area contributed by atoms with Crippen LogP contribution < -0.4 is 10.1 Å². The Morgan fingerprint density at radius 1 is 1.41 bits per heavy atom. The molecule has 94 valence electrons. The quantitative estimate of drug-likeness (QED) is 0.804. The molecule has 1 atom stereocenters. The second-order valence-electron chi connectivity index (χ2n) is 4.36. The molecule has 1 unspecified atom stereocenters. The number of rotatable bonds is 6. The predicted molar refractivity (Wildman–Crippen MR) is 76.4 cm³/mol. The molecule has 0 aliphatic heterocycles. The molecule has 0 aliphatic carbocycles. The van der Waals surface area contributed by atoms with Crippen molar-refractivity contribution >= 4 is 15.9 Å². The molecule has 3 heteroatoms. The number of benzene rings is 1. The maximum Gasteiger partial charge on any atom is 0.134 e. The summed E-state index contributed by atoms with van der Waals surface area (Å²) in [4.78, 5) is 0. The van der Waals surface area contributed by atoms with Crippen molar-refractivity contribution in [2.75, 3.05) is 0 Å². The number of ether oxygens (including phenoxy) is 1. The minimum atomic E-state index is 0.0194. The Morgan fingerprint density at radius 2 is 2.12 bits per heavy atom. The third-order valence-electron chi connectivity index (χ3n) is 2.36. The van der Waals surface area contributed by atoms with Crippen LogP contribution in [0.1, 0.15) is 26.3 Å². The van der Waals surface area contributed by atoms with Crippen LogP contribution in [0.5, 0.6) is 5.75 Å². The Morgan fingerprint density at radius 3 is 2.65 bits per heavy atom. The molecule has 2 nitrogen and oxygen atoms in total. The summed E-state index contributed by atoms with van der Waals surface area (Å²) < 4.78 is 6.67. The monoisotopic (exact) mass is 297 g/mol. The van der Waals surface area contributed by atoms with E-state index in [1.54, 1.807) is 6.08 Å². The molecule has 1 aromatic rings. The van der Waals surface area contributed by atoms with Gasteiger partial charge in [0.1, 0.15) is 11.9 Å². The molecule has 17 heavy (non-hydrogen) atoms. The van der Waals surface area contributed by atoms with Gasteiger partial charge in [-0.15, -0.1) is 0 Å². The van der Waals surface area contributed by atoms with Crippen LogP contribution in [0.25, 0.3) is 0 Å². The largest absolute Gasteiger partial charge is 0.485 e. The van der Waals surface area contributed by atoms with Gasteiger partial charge in [-0.3, -0.25) is 0 Å². The highest BCUT2D eigenvalue weighted by molar-refractivity contribution is 9.10. The smallest absolute Gasteiger partial charge is 0.134 e. The van der Waals surface area contributed by atoms with E-state index in [0.717, 1.165) is 16.8 Å². The Bertz CT molecular complexity index is 376. The summed E-state index contributed by atoms with van der Waals surface area (Å²) in [6.07, 6.45) is 1.80. The van der Waals surface area contributed by atoms with Crippen molar-refractivity contribution in [2.45, 2.75) is 39.5 Å². The Kier molecular flexibility index (Phi) is 5.72. The van der Waals surface area contributed by atoms with E-state index in [9.17, 15) is 0 Å². The molecular weight excluding hydrogens is 278 g/mol. The molecule has 0 saturated heterocycles. The summed E-state index contributed by atoms with van der Waals surface area (Å²) in [5, 5.41) is 3.38. The lowest BCUT2D eigenvalue weighted by atomic mass is 10.2. The third kappa shape index (κ3) is 4.92. The molecule has 0 spiro atoms. The van der Waals surface area contributed by atoms with E-state index >= 15 is 0 Å². The summed E-state index contributed by atoms with van der Waals surface area (Å²) in [5.41, 5.74) is 1.24. The first-order valence-electron chi connectivity index (χ1n) is 5.84. The van der Waals surface area contributed by atoms with E-state index < -0.39 is 0 Å². The first kappa shape index (κ1) is 14.3. The number of halogens is 1. The zero-order chi connectivity index (χ0) is 12.8. The van der Waals surface area contributed by atoms with Gasteiger partial charge in [-0.1, -0.05) is 32.6 Å². The van der Waals surface area contributed by atoms with Crippen LogP contribution >= 0.6 is 15.9 Å². The van der Waals surface area contributed by atoms with Gasteiger partial charge in [-0.05, 0) is 40.5 Å². The zero-order valence-electron chi connectivity index (χ0n) is 10.7. The maximum atomic E-state index is 5.69. The van der Waals surface area contributed by atoms with Gasteiger partial charge in [-0.25, -0.2) is 0 Å². The summed E-state index contributed by atoms with van der Waals surface area (Å²) >= 11 is 3.52. The van der Waals surface area contributed by atoms with Crippen LogP contribution in [0.4, 0.5) is 0 Å². The molecule has 0 aliphatic rings. The molecule has 0 heterocycles. The molecule has 1 aromatic carbocycles. The van der Waals surface area contributed by atoms with Crippen molar-refractivity contribution in [3.05, 3.63) is 40.9 Å². The Balaban J connectivity index is 2.68. The van der Waals surface area contributed by atoms with E-state index in [1.165, 1.54) is 5.56 Å². The minimum Gasteiger partial charge on any atom is -0.485 e. The van der Waals surface area contributed by atoms with Crippen molar-refractivity contribution < 1.29 is 4.74 Å². The average molecular weight is 298 g/mol. The van der Waals surface area contributed by atoms with E-state index in [2.05, 4.69) is 53.8 Å². The fraction of sp³-hybridized carbons (Fsp3) is 0.429. The van der Waals surface area contributed by atoms with Gasteiger partial charge in [0.05, 0.1) is 4.47 Å². The van der Waals surface area contributed by atoms with Gasteiger partial charge in [0.2, 0.25) is 0 Å². The average Bonchev–Trinajstić information content (AvgIpc) is 2.29. The van der Waals surface area contributed by atoms with E-state index in [1.807, 2.05) is 13.0 Å². The van der Waals surface area contributed by atoms with Gasteiger partial charge < -0.3 is 10.1 Å². The van der Waals surface area contributed by atoms with Crippen LogP contribution in [-0.4, -0.2) is 12.1 Å². The van der Waals surface area contributed by atoms with E-state index in [4.69, 9.17) is 4.74 Å². The highest BCUT2D eigenvalue weighted by Crippen LogP contribution is 2.27. The summed E-state index contributed by atoms with van der Waals surface area (Å²) in [5.74, 6) is 0.852. The van der Waals surface area contributed by atoms with Gasteiger partial charge in [0.15, 0.2) is 0 Å². The van der Waals surface area contributed by atoms with Crippen molar-refractivity contribution in [3.8, 4) is 5.75 Å². The summed E-state index contributed by atoms with van der Waals surface area (Å²) in [7, 11) is 0. The van der Waals surface area contributed by atoms with Crippen molar-refractivity contribution in [1.82, 2.24) is 5.32 Å². The lowest BCUT2D eigenvalue weighted by molar-refractivity contribution is 0.268. The molecule has 0 fully saturated rings. The molecule has 0 amide bonds. The highest BCUT2D eigenvalue weighted by Gasteiger charge is 2.05. The normalized spacial score (nSPS) is 12.5. The fourth-order valence-electron chi connectivity index (χ4n) is 1.32. The van der Waals surface area contributed by atoms with Gasteiger partial charge in [0.25, 0.3) is 0 Å². The third-order valence-corrected chi connectivity index (χ3v) is 2.98. The zero-order valence-corrected chi connectivity index (χ0v) is 12.3. The van der Waals surface area contributed by atoms with Crippen LogP contribution in [-0.2, 0) is 6.54 Å². The second kappa shape index (κ2) is 6.82. The van der Waals surface area contributed by atoms with Crippen molar-refractivity contribution in [3.63, 3.8) is 0 Å². The second-order valence-corrected chi connectivity index (χ2v) is 5.21. The SMILES string of the molecule is C=CC(C)Oc1ccc(CNC(C)C)cc1Br. The molecule has 0 bridgehead atoms. The molecular formula is C14H20BrNO. The summed E-state index contributed by atoms with van der Waals surface area (Å²) in [6, 6.07) is 6.64. The number of hydrogen-bond acceptors (Lipinski definition) is 2. The van der Waals surface area contributed by atoms with Crippen LogP contribution in [0.2, 0.25) is 0 Å². The van der Waals surface area contributed by atoms with Gasteiger partial charge in [-0.2, -0.15) is 0 Å². The number of nitrogens with one attached hydrogen (secondary N) is 1.